The fourth-order valence-corrected chi connectivity index (χ4v) is 3.66. The van der Waals surface area contributed by atoms with E-state index in [2.05, 4.69) is 4.90 Å². The van der Waals surface area contributed by atoms with Crippen LogP contribution in [-0.4, -0.2) is 36.6 Å². The Morgan fingerprint density at radius 3 is 2.71 bits per heavy atom. The van der Waals surface area contributed by atoms with Gasteiger partial charge < -0.3 is 10.5 Å². The number of benzene rings is 1. The molecule has 2 N–H and O–H groups in total. The summed E-state index contributed by atoms with van der Waals surface area (Å²) in [5.41, 5.74) is 6.88. The minimum absolute atomic E-state index is 0.233. The van der Waals surface area contributed by atoms with E-state index in [0.29, 0.717) is 29.8 Å². The molecule has 4 heteroatoms. The first-order valence-corrected chi connectivity index (χ1v) is 8.01. The highest BCUT2D eigenvalue weighted by atomic mass is 16.5. The van der Waals surface area contributed by atoms with Gasteiger partial charge >= 0.3 is 5.97 Å². The number of ether oxygens (including phenoxy) is 1. The van der Waals surface area contributed by atoms with Gasteiger partial charge in [-0.25, -0.2) is 4.79 Å². The lowest BCUT2D eigenvalue weighted by Gasteiger charge is -2.44. The number of carbonyl (C=O) groups is 1. The lowest BCUT2D eigenvalue weighted by atomic mass is 9.84. The molecule has 0 radical (unpaired) electrons. The SMILES string of the molecule is Nc1ccc(C(=O)OC[C@H]2CCCN3CCCC[C@@H]23)cc1. The van der Waals surface area contributed by atoms with Gasteiger partial charge in [0, 0.05) is 17.6 Å². The molecule has 0 bridgehead atoms. The maximum absolute atomic E-state index is 12.1. The van der Waals surface area contributed by atoms with E-state index in [-0.39, 0.29) is 5.97 Å². The number of fused-ring (bicyclic) bond motifs is 1. The molecule has 2 saturated heterocycles. The van der Waals surface area contributed by atoms with Crippen molar-refractivity contribution in [1.82, 2.24) is 4.90 Å². The van der Waals surface area contributed by atoms with Crippen LogP contribution in [-0.2, 0) is 4.74 Å². The Morgan fingerprint density at radius 2 is 1.90 bits per heavy atom. The largest absolute Gasteiger partial charge is 0.462 e. The molecule has 1 aromatic carbocycles. The fourth-order valence-electron chi connectivity index (χ4n) is 3.66. The predicted molar refractivity (Wildman–Crippen MR) is 83.1 cm³/mol. The topological polar surface area (TPSA) is 55.6 Å². The van der Waals surface area contributed by atoms with Crippen molar-refractivity contribution < 1.29 is 9.53 Å². The minimum atomic E-state index is -0.233. The van der Waals surface area contributed by atoms with E-state index >= 15 is 0 Å². The lowest BCUT2D eigenvalue weighted by Crippen LogP contribution is -2.49. The Hall–Kier alpha value is -1.55. The summed E-state index contributed by atoms with van der Waals surface area (Å²) in [6, 6.07) is 7.54. The molecule has 0 aliphatic carbocycles. The summed E-state index contributed by atoms with van der Waals surface area (Å²) in [4.78, 5) is 14.7. The van der Waals surface area contributed by atoms with E-state index in [1.54, 1.807) is 24.3 Å². The smallest absolute Gasteiger partial charge is 0.338 e. The Kier molecular flexibility index (Phi) is 4.44. The molecule has 0 spiro atoms. The molecule has 2 heterocycles. The van der Waals surface area contributed by atoms with Crippen LogP contribution in [0.15, 0.2) is 24.3 Å². The third-order valence-corrected chi connectivity index (χ3v) is 4.80. The second-order valence-corrected chi connectivity index (χ2v) is 6.22. The van der Waals surface area contributed by atoms with Crippen LogP contribution in [0.25, 0.3) is 0 Å². The van der Waals surface area contributed by atoms with Gasteiger partial charge in [0.25, 0.3) is 0 Å². The Labute approximate surface area is 126 Å². The van der Waals surface area contributed by atoms with Crippen LogP contribution in [0.1, 0.15) is 42.5 Å². The van der Waals surface area contributed by atoms with Crippen molar-refractivity contribution in [3.8, 4) is 0 Å². The van der Waals surface area contributed by atoms with Crippen molar-refractivity contribution in [1.29, 1.82) is 0 Å². The van der Waals surface area contributed by atoms with Gasteiger partial charge in [-0.2, -0.15) is 0 Å². The zero-order chi connectivity index (χ0) is 14.7. The first kappa shape index (κ1) is 14.4. The summed E-state index contributed by atoms with van der Waals surface area (Å²) in [6.07, 6.45) is 6.28. The van der Waals surface area contributed by atoms with Crippen LogP contribution in [0, 0.1) is 5.92 Å². The highest BCUT2D eigenvalue weighted by Crippen LogP contribution is 2.31. The number of esters is 1. The molecule has 1 aromatic rings. The van der Waals surface area contributed by atoms with Crippen LogP contribution in [0.5, 0.6) is 0 Å². The zero-order valence-corrected chi connectivity index (χ0v) is 12.5. The molecule has 3 rings (SSSR count). The summed E-state index contributed by atoms with van der Waals surface area (Å²) in [6.45, 7) is 2.98. The van der Waals surface area contributed by atoms with Gasteiger partial charge in [-0.1, -0.05) is 6.42 Å². The number of nitrogen functional groups attached to an aromatic ring is 1. The van der Waals surface area contributed by atoms with E-state index in [1.165, 1.54) is 45.2 Å². The maximum atomic E-state index is 12.1. The molecular weight excluding hydrogens is 264 g/mol. The Balaban J connectivity index is 1.56. The summed E-state index contributed by atoms with van der Waals surface area (Å²) in [5.74, 6) is 0.264. The normalized spacial score (nSPS) is 26.1. The van der Waals surface area contributed by atoms with E-state index in [4.69, 9.17) is 10.5 Å². The summed E-state index contributed by atoms with van der Waals surface area (Å²) < 4.78 is 5.55. The highest BCUT2D eigenvalue weighted by Gasteiger charge is 2.33. The molecule has 0 amide bonds. The summed E-state index contributed by atoms with van der Waals surface area (Å²) >= 11 is 0. The average Bonchev–Trinajstić information content (AvgIpc) is 2.53. The number of hydrogen-bond acceptors (Lipinski definition) is 4. The first-order valence-electron chi connectivity index (χ1n) is 8.01. The number of anilines is 1. The average molecular weight is 288 g/mol. The highest BCUT2D eigenvalue weighted by molar-refractivity contribution is 5.89. The van der Waals surface area contributed by atoms with Gasteiger partial charge in [0.05, 0.1) is 12.2 Å². The van der Waals surface area contributed by atoms with Gasteiger partial charge in [0.1, 0.15) is 0 Å². The van der Waals surface area contributed by atoms with Crippen LogP contribution in [0.3, 0.4) is 0 Å². The molecule has 114 valence electrons. The number of carbonyl (C=O) groups excluding carboxylic acids is 1. The molecule has 2 fully saturated rings. The van der Waals surface area contributed by atoms with Gasteiger partial charge in [-0.05, 0) is 63.0 Å². The van der Waals surface area contributed by atoms with Crippen LogP contribution < -0.4 is 5.73 Å². The molecule has 0 saturated carbocycles. The number of rotatable bonds is 3. The second kappa shape index (κ2) is 6.48. The number of nitrogens with two attached hydrogens (primary N) is 1. The molecular formula is C17H24N2O2. The Bertz CT molecular complexity index is 484. The van der Waals surface area contributed by atoms with Gasteiger partial charge in [-0.15, -0.1) is 0 Å². The first-order chi connectivity index (χ1) is 10.2. The van der Waals surface area contributed by atoms with E-state index < -0.39 is 0 Å². The quantitative estimate of drug-likeness (QED) is 0.686. The summed E-state index contributed by atoms with van der Waals surface area (Å²) in [5, 5.41) is 0. The van der Waals surface area contributed by atoms with E-state index in [0.717, 1.165) is 0 Å². The summed E-state index contributed by atoms with van der Waals surface area (Å²) in [7, 11) is 0. The minimum Gasteiger partial charge on any atom is -0.462 e. The fraction of sp³-hybridized carbons (Fsp3) is 0.588. The van der Waals surface area contributed by atoms with Crippen LogP contribution >= 0.6 is 0 Å². The van der Waals surface area contributed by atoms with Crippen molar-refractivity contribution in [3.63, 3.8) is 0 Å². The molecule has 4 nitrogen and oxygen atoms in total. The predicted octanol–water partition coefficient (Wildman–Crippen LogP) is 2.69. The number of piperidine rings is 2. The Morgan fingerprint density at radius 1 is 1.14 bits per heavy atom. The van der Waals surface area contributed by atoms with Crippen LogP contribution in [0.2, 0.25) is 0 Å². The van der Waals surface area contributed by atoms with Crippen molar-refractivity contribution in [2.24, 2.45) is 5.92 Å². The molecule has 2 aliphatic rings. The molecule has 21 heavy (non-hydrogen) atoms. The zero-order valence-electron chi connectivity index (χ0n) is 12.5. The number of hydrogen-bond donors (Lipinski definition) is 1. The molecule has 0 aromatic heterocycles. The number of nitrogens with zero attached hydrogens (tertiary/aromatic N) is 1. The molecule has 0 unspecified atom stereocenters. The molecule has 2 aliphatic heterocycles. The van der Waals surface area contributed by atoms with Gasteiger partial charge in [0.2, 0.25) is 0 Å². The third-order valence-electron chi connectivity index (χ3n) is 4.80. The van der Waals surface area contributed by atoms with Crippen molar-refractivity contribution in [2.75, 3.05) is 25.4 Å². The second-order valence-electron chi connectivity index (χ2n) is 6.22. The lowest BCUT2D eigenvalue weighted by molar-refractivity contribution is 0.00739. The van der Waals surface area contributed by atoms with Crippen LogP contribution in [0.4, 0.5) is 5.69 Å². The van der Waals surface area contributed by atoms with Crippen molar-refractivity contribution >= 4 is 11.7 Å². The van der Waals surface area contributed by atoms with Gasteiger partial charge in [-0.3, -0.25) is 4.90 Å². The van der Waals surface area contributed by atoms with Crippen molar-refractivity contribution in [2.45, 2.75) is 38.1 Å². The van der Waals surface area contributed by atoms with Crippen molar-refractivity contribution in [3.05, 3.63) is 29.8 Å². The van der Waals surface area contributed by atoms with E-state index in [1.807, 2.05) is 0 Å². The third kappa shape index (κ3) is 3.38. The standard InChI is InChI=1S/C17H24N2O2/c18-15-8-6-13(7-9-15)17(20)21-12-14-4-3-11-19-10-2-1-5-16(14)19/h6-9,14,16H,1-5,10-12,18H2/t14-,16+/m1/s1. The monoisotopic (exact) mass is 288 g/mol. The van der Waals surface area contributed by atoms with Gasteiger partial charge in [0.15, 0.2) is 0 Å². The van der Waals surface area contributed by atoms with E-state index in [9.17, 15) is 4.79 Å². The molecule has 2 atom stereocenters. The maximum Gasteiger partial charge on any atom is 0.338 e.